The van der Waals surface area contributed by atoms with Crippen LogP contribution in [0.5, 0.6) is 0 Å². The number of rotatable bonds is 5. The van der Waals surface area contributed by atoms with Crippen molar-refractivity contribution < 1.29 is 0 Å². The summed E-state index contributed by atoms with van der Waals surface area (Å²) in [4.78, 5) is 5.36. The van der Waals surface area contributed by atoms with Gasteiger partial charge in [-0.25, -0.2) is 0 Å². The molecule has 2 aliphatic rings. The van der Waals surface area contributed by atoms with Gasteiger partial charge in [-0.3, -0.25) is 4.90 Å². The second-order valence-electron chi connectivity index (χ2n) is 6.73. The zero-order chi connectivity index (χ0) is 13.0. The molecule has 2 rings (SSSR count). The highest BCUT2D eigenvalue weighted by atomic mass is 15.3. The van der Waals surface area contributed by atoms with Crippen LogP contribution in [0.1, 0.15) is 40.0 Å². The summed E-state index contributed by atoms with van der Waals surface area (Å²) in [6.45, 7) is 15.8. The number of nitrogens with zero attached hydrogens (tertiary/aromatic N) is 2. The standard InChI is InChI=1S/C15H31N3/c1-4-5-14-6-9-17(12-14)13-15(2,3)18-10-7-16-8-11-18/h14,16H,4-13H2,1-3H3. The normalized spacial score (nSPS) is 27.8. The Morgan fingerprint density at radius 3 is 2.56 bits per heavy atom. The average Bonchev–Trinajstić information content (AvgIpc) is 2.77. The summed E-state index contributed by atoms with van der Waals surface area (Å²) >= 11 is 0. The molecular weight excluding hydrogens is 222 g/mol. The van der Waals surface area contributed by atoms with Gasteiger partial charge in [0, 0.05) is 44.8 Å². The van der Waals surface area contributed by atoms with Crippen molar-refractivity contribution >= 4 is 0 Å². The van der Waals surface area contributed by atoms with Gasteiger partial charge in [-0.2, -0.15) is 0 Å². The predicted molar refractivity (Wildman–Crippen MR) is 78.0 cm³/mol. The molecule has 2 saturated heterocycles. The number of likely N-dealkylation sites (tertiary alicyclic amines) is 1. The fraction of sp³-hybridized carbons (Fsp3) is 1.00. The molecule has 0 spiro atoms. The first-order chi connectivity index (χ1) is 8.62. The van der Waals surface area contributed by atoms with E-state index in [1.54, 1.807) is 0 Å². The van der Waals surface area contributed by atoms with E-state index in [1.165, 1.54) is 52.0 Å². The van der Waals surface area contributed by atoms with E-state index in [9.17, 15) is 0 Å². The van der Waals surface area contributed by atoms with E-state index in [-0.39, 0.29) is 0 Å². The molecule has 106 valence electrons. The summed E-state index contributed by atoms with van der Waals surface area (Å²) in [7, 11) is 0. The third-order valence-corrected chi connectivity index (χ3v) is 4.65. The average molecular weight is 253 g/mol. The van der Waals surface area contributed by atoms with E-state index >= 15 is 0 Å². The zero-order valence-electron chi connectivity index (χ0n) is 12.5. The monoisotopic (exact) mass is 253 g/mol. The topological polar surface area (TPSA) is 18.5 Å². The second kappa shape index (κ2) is 6.36. The van der Waals surface area contributed by atoms with Crippen molar-refractivity contribution in [1.29, 1.82) is 0 Å². The van der Waals surface area contributed by atoms with Crippen LogP contribution in [0.25, 0.3) is 0 Å². The Morgan fingerprint density at radius 1 is 1.17 bits per heavy atom. The van der Waals surface area contributed by atoms with Crippen LogP contribution in [-0.2, 0) is 0 Å². The minimum absolute atomic E-state index is 0.337. The predicted octanol–water partition coefficient (Wildman–Crippen LogP) is 1.79. The fourth-order valence-corrected chi connectivity index (χ4v) is 3.62. The lowest BCUT2D eigenvalue weighted by Gasteiger charge is -2.43. The first-order valence-corrected chi connectivity index (χ1v) is 7.80. The molecule has 0 saturated carbocycles. The third kappa shape index (κ3) is 3.69. The summed E-state index contributed by atoms with van der Waals surface area (Å²) in [5, 5.41) is 3.45. The Balaban J connectivity index is 1.80. The largest absolute Gasteiger partial charge is 0.314 e. The van der Waals surface area contributed by atoms with Crippen LogP contribution >= 0.6 is 0 Å². The Morgan fingerprint density at radius 2 is 1.89 bits per heavy atom. The van der Waals surface area contributed by atoms with Crippen molar-refractivity contribution in [1.82, 2.24) is 15.1 Å². The summed E-state index contributed by atoms with van der Waals surface area (Å²) in [6.07, 6.45) is 4.19. The van der Waals surface area contributed by atoms with E-state index in [2.05, 4.69) is 35.9 Å². The molecule has 0 aromatic heterocycles. The Kier molecular flexibility index (Phi) is 5.05. The molecule has 1 unspecified atom stereocenters. The second-order valence-corrected chi connectivity index (χ2v) is 6.73. The van der Waals surface area contributed by atoms with Gasteiger partial charge in [0.1, 0.15) is 0 Å². The molecule has 2 fully saturated rings. The van der Waals surface area contributed by atoms with Gasteiger partial charge in [0.05, 0.1) is 0 Å². The van der Waals surface area contributed by atoms with E-state index in [4.69, 9.17) is 0 Å². The molecule has 3 nitrogen and oxygen atoms in total. The summed E-state index contributed by atoms with van der Waals surface area (Å²) in [5.74, 6) is 0.967. The fourth-order valence-electron chi connectivity index (χ4n) is 3.62. The maximum atomic E-state index is 3.45. The minimum Gasteiger partial charge on any atom is -0.314 e. The Hall–Kier alpha value is -0.120. The smallest absolute Gasteiger partial charge is 0.0281 e. The van der Waals surface area contributed by atoms with Gasteiger partial charge in [-0.05, 0) is 39.2 Å². The quantitative estimate of drug-likeness (QED) is 0.806. The zero-order valence-corrected chi connectivity index (χ0v) is 12.5. The molecule has 0 radical (unpaired) electrons. The number of piperazine rings is 1. The molecular formula is C15H31N3. The first-order valence-electron chi connectivity index (χ1n) is 7.80. The molecule has 0 aliphatic carbocycles. The van der Waals surface area contributed by atoms with Gasteiger partial charge in [-0.15, -0.1) is 0 Å². The molecule has 0 bridgehead atoms. The van der Waals surface area contributed by atoms with Gasteiger partial charge in [0.25, 0.3) is 0 Å². The van der Waals surface area contributed by atoms with Crippen LogP contribution in [0.4, 0.5) is 0 Å². The SMILES string of the molecule is CCCC1CCN(CC(C)(C)N2CCNCC2)C1. The van der Waals surface area contributed by atoms with Crippen molar-refractivity contribution in [2.75, 3.05) is 45.8 Å². The molecule has 0 amide bonds. The van der Waals surface area contributed by atoms with Crippen molar-refractivity contribution in [2.24, 2.45) is 5.92 Å². The lowest BCUT2D eigenvalue weighted by molar-refractivity contribution is 0.0695. The maximum Gasteiger partial charge on any atom is 0.0281 e. The van der Waals surface area contributed by atoms with Gasteiger partial charge in [0.15, 0.2) is 0 Å². The molecule has 18 heavy (non-hydrogen) atoms. The Bertz CT molecular complexity index is 246. The lowest BCUT2D eigenvalue weighted by Crippen LogP contribution is -2.57. The summed E-state index contributed by atoms with van der Waals surface area (Å²) in [6, 6.07) is 0. The third-order valence-electron chi connectivity index (χ3n) is 4.65. The first kappa shape index (κ1) is 14.3. The number of hydrogen-bond donors (Lipinski definition) is 1. The van der Waals surface area contributed by atoms with Crippen LogP contribution in [0, 0.1) is 5.92 Å². The summed E-state index contributed by atoms with van der Waals surface area (Å²) in [5.41, 5.74) is 0.337. The maximum absolute atomic E-state index is 3.45. The van der Waals surface area contributed by atoms with Crippen molar-refractivity contribution in [3.8, 4) is 0 Å². The molecule has 3 heteroatoms. The highest BCUT2D eigenvalue weighted by Crippen LogP contribution is 2.24. The molecule has 1 N–H and O–H groups in total. The molecule has 0 aromatic rings. The van der Waals surface area contributed by atoms with Crippen molar-refractivity contribution in [2.45, 2.75) is 45.6 Å². The van der Waals surface area contributed by atoms with Crippen LogP contribution in [-0.4, -0.2) is 61.2 Å². The Labute approximate surface area is 113 Å². The van der Waals surface area contributed by atoms with Crippen LogP contribution in [0.2, 0.25) is 0 Å². The highest BCUT2D eigenvalue weighted by Gasteiger charge is 2.32. The van der Waals surface area contributed by atoms with Crippen LogP contribution in [0.15, 0.2) is 0 Å². The van der Waals surface area contributed by atoms with Gasteiger partial charge < -0.3 is 10.2 Å². The number of hydrogen-bond acceptors (Lipinski definition) is 3. The molecule has 1 atom stereocenters. The molecule has 2 heterocycles. The van der Waals surface area contributed by atoms with E-state index in [0.29, 0.717) is 5.54 Å². The van der Waals surface area contributed by atoms with Crippen molar-refractivity contribution in [3.63, 3.8) is 0 Å². The van der Waals surface area contributed by atoms with Gasteiger partial charge >= 0.3 is 0 Å². The lowest BCUT2D eigenvalue weighted by atomic mass is 10.0. The van der Waals surface area contributed by atoms with E-state index in [0.717, 1.165) is 19.0 Å². The number of nitrogens with one attached hydrogen (secondary N) is 1. The van der Waals surface area contributed by atoms with Crippen LogP contribution < -0.4 is 5.32 Å². The molecule has 2 aliphatic heterocycles. The van der Waals surface area contributed by atoms with Gasteiger partial charge in [0.2, 0.25) is 0 Å². The minimum atomic E-state index is 0.337. The van der Waals surface area contributed by atoms with Crippen molar-refractivity contribution in [3.05, 3.63) is 0 Å². The highest BCUT2D eigenvalue weighted by molar-refractivity contribution is 4.89. The molecule has 0 aromatic carbocycles. The summed E-state index contributed by atoms with van der Waals surface area (Å²) < 4.78 is 0. The van der Waals surface area contributed by atoms with Gasteiger partial charge in [-0.1, -0.05) is 13.3 Å². The van der Waals surface area contributed by atoms with E-state index in [1.807, 2.05) is 0 Å². The van der Waals surface area contributed by atoms with Crippen LogP contribution in [0.3, 0.4) is 0 Å². The van der Waals surface area contributed by atoms with E-state index < -0.39 is 0 Å².